The molecule has 1 aliphatic rings. The Labute approximate surface area is 175 Å². The Morgan fingerprint density at radius 2 is 1.93 bits per heavy atom. The lowest BCUT2D eigenvalue weighted by molar-refractivity contribution is -0.144. The lowest BCUT2D eigenvalue weighted by Gasteiger charge is -2.38. The second-order valence-corrected chi connectivity index (χ2v) is 8.00. The molecule has 0 aromatic heterocycles. The standard InChI is InChI=1S/C21H21BrF3NO3/c1-29-18-9-8-16(22)11-17(18)19(26-10-2-3-14(12-26)20(27)28)13-4-6-15(7-5-13)21(23,24)25/h4-9,11,14,19H,2-3,10,12H2,1H3,(H,27,28). The largest absolute Gasteiger partial charge is 0.496 e. The summed E-state index contributed by atoms with van der Waals surface area (Å²) < 4.78 is 45.3. The van der Waals surface area contributed by atoms with Crippen LogP contribution >= 0.6 is 15.9 Å². The molecular formula is C21H21BrF3NO3. The molecule has 156 valence electrons. The number of nitrogens with zero attached hydrogens (tertiary/aromatic N) is 1. The van der Waals surface area contributed by atoms with Crippen LogP contribution in [0.4, 0.5) is 13.2 Å². The van der Waals surface area contributed by atoms with Crippen LogP contribution in [-0.4, -0.2) is 36.2 Å². The fourth-order valence-electron chi connectivity index (χ4n) is 3.80. The molecule has 2 atom stereocenters. The first-order chi connectivity index (χ1) is 13.7. The Hall–Kier alpha value is -2.06. The van der Waals surface area contributed by atoms with Crippen LogP contribution in [0.5, 0.6) is 5.75 Å². The Balaban J connectivity index is 2.07. The SMILES string of the molecule is COc1ccc(Br)cc1C(c1ccc(C(F)(F)F)cc1)N1CCCC(C(=O)O)C1. The molecule has 1 heterocycles. The first kappa shape index (κ1) is 21.6. The predicted molar refractivity (Wildman–Crippen MR) is 106 cm³/mol. The van der Waals surface area contributed by atoms with Gasteiger partial charge in [0.25, 0.3) is 0 Å². The molecule has 1 fully saturated rings. The number of benzene rings is 2. The maximum Gasteiger partial charge on any atom is 0.416 e. The molecule has 4 nitrogen and oxygen atoms in total. The zero-order chi connectivity index (χ0) is 21.2. The van der Waals surface area contributed by atoms with Crippen molar-refractivity contribution in [2.45, 2.75) is 25.1 Å². The first-order valence-electron chi connectivity index (χ1n) is 9.18. The zero-order valence-electron chi connectivity index (χ0n) is 15.7. The van der Waals surface area contributed by atoms with E-state index in [4.69, 9.17) is 4.74 Å². The molecule has 0 amide bonds. The van der Waals surface area contributed by atoms with Crippen molar-refractivity contribution in [1.29, 1.82) is 0 Å². The molecule has 2 aromatic carbocycles. The van der Waals surface area contributed by atoms with Crippen molar-refractivity contribution in [2.24, 2.45) is 5.92 Å². The molecule has 1 saturated heterocycles. The molecule has 3 rings (SSSR count). The monoisotopic (exact) mass is 471 g/mol. The molecule has 0 radical (unpaired) electrons. The van der Waals surface area contributed by atoms with Gasteiger partial charge in [-0.15, -0.1) is 0 Å². The third-order valence-corrected chi connectivity index (χ3v) is 5.70. The summed E-state index contributed by atoms with van der Waals surface area (Å²) in [5, 5.41) is 9.47. The molecule has 1 N–H and O–H groups in total. The number of carboxylic acids is 1. The van der Waals surface area contributed by atoms with Crippen molar-refractivity contribution < 1.29 is 27.8 Å². The van der Waals surface area contributed by atoms with Crippen molar-refractivity contribution in [3.63, 3.8) is 0 Å². The van der Waals surface area contributed by atoms with Crippen molar-refractivity contribution >= 4 is 21.9 Å². The molecule has 0 saturated carbocycles. The summed E-state index contributed by atoms with van der Waals surface area (Å²) in [7, 11) is 1.53. The highest BCUT2D eigenvalue weighted by molar-refractivity contribution is 9.10. The van der Waals surface area contributed by atoms with Crippen LogP contribution in [0.25, 0.3) is 0 Å². The van der Waals surface area contributed by atoms with E-state index in [1.165, 1.54) is 19.2 Å². The minimum atomic E-state index is -4.42. The van der Waals surface area contributed by atoms with E-state index in [0.717, 1.165) is 22.2 Å². The summed E-state index contributed by atoms with van der Waals surface area (Å²) in [4.78, 5) is 13.6. The summed E-state index contributed by atoms with van der Waals surface area (Å²) in [6.07, 6.45) is -3.13. The number of ether oxygens (including phenoxy) is 1. The normalized spacial score (nSPS) is 19.0. The van der Waals surface area contributed by atoms with Crippen LogP contribution in [-0.2, 0) is 11.0 Å². The number of aliphatic carboxylic acids is 1. The van der Waals surface area contributed by atoms with Gasteiger partial charge in [0, 0.05) is 16.6 Å². The van der Waals surface area contributed by atoms with Crippen molar-refractivity contribution in [3.8, 4) is 5.75 Å². The highest BCUT2D eigenvalue weighted by Crippen LogP contribution is 2.39. The van der Waals surface area contributed by atoms with Crippen molar-refractivity contribution in [3.05, 3.63) is 63.6 Å². The summed E-state index contributed by atoms with van der Waals surface area (Å²) in [6, 6.07) is 10.1. The first-order valence-corrected chi connectivity index (χ1v) is 9.97. The third kappa shape index (κ3) is 4.93. The van der Waals surface area contributed by atoms with Gasteiger partial charge < -0.3 is 9.84 Å². The highest BCUT2D eigenvalue weighted by Gasteiger charge is 2.34. The average Bonchev–Trinajstić information content (AvgIpc) is 2.68. The summed E-state index contributed by atoms with van der Waals surface area (Å²) in [5.74, 6) is -0.781. The number of carboxylic acid groups (broad SMARTS) is 1. The van der Waals surface area contributed by atoms with Gasteiger partial charge in [0.15, 0.2) is 0 Å². The summed E-state index contributed by atoms with van der Waals surface area (Å²) in [5.41, 5.74) is 0.705. The minimum absolute atomic E-state index is 0.316. The van der Waals surface area contributed by atoms with Crippen LogP contribution in [0, 0.1) is 5.92 Å². The van der Waals surface area contributed by atoms with E-state index in [1.54, 1.807) is 6.07 Å². The van der Waals surface area contributed by atoms with Crippen molar-refractivity contribution in [2.75, 3.05) is 20.2 Å². The number of methoxy groups -OCH3 is 1. The molecule has 29 heavy (non-hydrogen) atoms. The molecule has 2 aromatic rings. The fourth-order valence-corrected chi connectivity index (χ4v) is 4.18. The summed E-state index contributed by atoms with van der Waals surface area (Å²) in [6.45, 7) is 0.960. The second kappa shape index (κ2) is 8.75. The van der Waals surface area contributed by atoms with Gasteiger partial charge in [-0.05, 0) is 55.3 Å². The summed E-state index contributed by atoms with van der Waals surface area (Å²) >= 11 is 3.45. The van der Waals surface area contributed by atoms with E-state index in [2.05, 4.69) is 15.9 Å². The Bertz CT molecular complexity index is 870. The number of carbonyl (C=O) groups is 1. The van der Waals surface area contributed by atoms with Gasteiger partial charge in [-0.25, -0.2) is 0 Å². The number of alkyl halides is 3. The second-order valence-electron chi connectivity index (χ2n) is 7.08. The minimum Gasteiger partial charge on any atom is -0.496 e. The molecule has 8 heteroatoms. The van der Waals surface area contributed by atoms with Gasteiger partial charge in [0.05, 0.1) is 24.6 Å². The lowest BCUT2D eigenvalue weighted by Crippen LogP contribution is -2.41. The quantitative estimate of drug-likeness (QED) is 0.637. The molecule has 1 aliphatic heterocycles. The maximum absolute atomic E-state index is 13.0. The number of piperidine rings is 1. The smallest absolute Gasteiger partial charge is 0.416 e. The Kier molecular flexibility index (Phi) is 6.53. The van der Waals surface area contributed by atoms with Gasteiger partial charge in [-0.1, -0.05) is 28.1 Å². The third-order valence-electron chi connectivity index (χ3n) is 5.21. The molecule has 0 aliphatic carbocycles. The topological polar surface area (TPSA) is 49.8 Å². The number of rotatable bonds is 5. The van der Waals surface area contributed by atoms with E-state index < -0.39 is 29.7 Å². The van der Waals surface area contributed by atoms with Crippen molar-refractivity contribution in [1.82, 2.24) is 4.90 Å². The van der Waals surface area contributed by atoms with Crippen LogP contribution in [0.1, 0.15) is 35.6 Å². The lowest BCUT2D eigenvalue weighted by atomic mass is 9.90. The van der Waals surface area contributed by atoms with Gasteiger partial charge in [0.1, 0.15) is 5.75 Å². The van der Waals surface area contributed by atoms with Crippen LogP contribution in [0.3, 0.4) is 0 Å². The highest BCUT2D eigenvalue weighted by atomic mass is 79.9. The number of halogens is 4. The van der Waals surface area contributed by atoms with E-state index in [1.807, 2.05) is 17.0 Å². The van der Waals surface area contributed by atoms with E-state index in [0.29, 0.717) is 37.2 Å². The van der Waals surface area contributed by atoms with Crippen LogP contribution < -0.4 is 4.74 Å². The molecule has 2 unspecified atom stereocenters. The number of hydrogen-bond acceptors (Lipinski definition) is 3. The Morgan fingerprint density at radius 3 is 2.52 bits per heavy atom. The van der Waals surface area contributed by atoms with Gasteiger partial charge in [0.2, 0.25) is 0 Å². The van der Waals surface area contributed by atoms with Gasteiger partial charge in [-0.2, -0.15) is 13.2 Å². The molecule has 0 bridgehead atoms. The fraction of sp³-hybridized carbons (Fsp3) is 0.381. The maximum atomic E-state index is 13.0. The number of likely N-dealkylation sites (tertiary alicyclic amines) is 1. The van der Waals surface area contributed by atoms with E-state index in [9.17, 15) is 23.1 Å². The Morgan fingerprint density at radius 1 is 1.24 bits per heavy atom. The van der Waals surface area contributed by atoms with Crippen LogP contribution in [0.2, 0.25) is 0 Å². The molecular weight excluding hydrogens is 451 g/mol. The van der Waals surface area contributed by atoms with E-state index in [-0.39, 0.29) is 0 Å². The van der Waals surface area contributed by atoms with E-state index >= 15 is 0 Å². The average molecular weight is 472 g/mol. The zero-order valence-corrected chi connectivity index (χ0v) is 17.3. The number of hydrogen-bond donors (Lipinski definition) is 1. The molecule has 0 spiro atoms. The van der Waals surface area contributed by atoms with Gasteiger partial charge in [-0.3, -0.25) is 9.69 Å². The van der Waals surface area contributed by atoms with Crippen LogP contribution in [0.15, 0.2) is 46.9 Å². The van der Waals surface area contributed by atoms with Gasteiger partial charge >= 0.3 is 12.1 Å². The predicted octanol–water partition coefficient (Wildman–Crippen LogP) is 5.36.